The zero-order valence-electron chi connectivity index (χ0n) is 14.0. The van der Waals surface area contributed by atoms with Gasteiger partial charge in [-0.1, -0.05) is 18.2 Å². The third-order valence-corrected chi connectivity index (χ3v) is 4.63. The second-order valence-corrected chi connectivity index (χ2v) is 6.24. The Morgan fingerprint density at radius 2 is 1.65 bits per heavy atom. The van der Waals surface area contributed by atoms with Crippen molar-refractivity contribution < 1.29 is 13.6 Å². The zero-order valence-corrected chi connectivity index (χ0v) is 14.0. The third kappa shape index (κ3) is 3.06. The maximum atomic E-state index is 13.0. The van der Waals surface area contributed by atoms with Crippen LogP contribution in [0.15, 0.2) is 63.8 Å². The SMILES string of the molecule is O=C(c1cc2ccccc2oc1=O)N1CCN(c2ccc(F)cc2)CC1. The van der Waals surface area contributed by atoms with Crippen LogP contribution in [0.3, 0.4) is 0 Å². The number of anilines is 1. The van der Waals surface area contributed by atoms with Crippen LogP contribution in [0.5, 0.6) is 0 Å². The molecule has 0 unspecified atom stereocenters. The molecule has 4 rings (SSSR count). The van der Waals surface area contributed by atoms with E-state index in [4.69, 9.17) is 4.42 Å². The van der Waals surface area contributed by atoms with Crippen LogP contribution >= 0.6 is 0 Å². The summed E-state index contributed by atoms with van der Waals surface area (Å²) < 4.78 is 18.3. The van der Waals surface area contributed by atoms with Gasteiger partial charge in [0.2, 0.25) is 0 Å². The van der Waals surface area contributed by atoms with Crippen molar-refractivity contribution in [3.8, 4) is 0 Å². The first-order valence-electron chi connectivity index (χ1n) is 8.44. The Morgan fingerprint density at radius 3 is 2.38 bits per heavy atom. The summed E-state index contributed by atoms with van der Waals surface area (Å²) in [5.41, 5.74) is 0.826. The summed E-state index contributed by atoms with van der Waals surface area (Å²) in [6.07, 6.45) is 0. The van der Waals surface area contributed by atoms with Crippen LogP contribution in [0.1, 0.15) is 10.4 Å². The summed E-state index contributed by atoms with van der Waals surface area (Å²) in [5.74, 6) is -0.589. The smallest absolute Gasteiger partial charge is 0.349 e. The number of fused-ring (bicyclic) bond motifs is 1. The van der Waals surface area contributed by atoms with Crippen LogP contribution in [0.4, 0.5) is 10.1 Å². The molecule has 132 valence electrons. The van der Waals surface area contributed by atoms with Crippen LogP contribution in [0, 0.1) is 5.82 Å². The van der Waals surface area contributed by atoms with Crippen LogP contribution in [-0.4, -0.2) is 37.0 Å². The minimum Gasteiger partial charge on any atom is -0.422 e. The van der Waals surface area contributed by atoms with Gasteiger partial charge in [-0.25, -0.2) is 9.18 Å². The number of piperazine rings is 1. The van der Waals surface area contributed by atoms with Gasteiger partial charge in [0.1, 0.15) is 17.0 Å². The quantitative estimate of drug-likeness (QED) is 0.666. The minimum atomic E-state index is -0.616. The highest BCUT2D eigenvalue weighted by Gasteiger charge is 2.25. The number of halogens is 1. The predicted molar refractivity (Wildman–Crippen MR) is 97.0 cm³/mol. The zero-order chi connectivity index (χ0) is 18.1. The van der Waals surface area contributed by atoms with E-state index in [1.807, 2.05) is 12.1 Å². The molecule has 2 aromatic carbocycles. The van der Waals surface area contributed by atoms with Gasteiger partial charge >= 0.3 is 5.63 Å². The average Bonchev–Trinajstić information content (AvgIpc) is 2.68. The molecule has 1 aromatic heterocycles. The normalized spacial score (nSPS) is 14.7. The van der Waals surface area contributed by atoms with Gasteiger partial charge in [-0.2, -0.15) is 0 Å². The van der Waals surface area contributed by atoms with E-state index in [1.165, 1.54) is 12.1 Å². The van der Waals surface area contributed by atoms with Crippen LogP contribution in [0.2, 0.25) is 0 Å². The fourth-order valence-electron chi connectivity index (χ4n) is 3.20. The molecular formula is C20H17FN2O3. The first-order valence-corrected chi connectivity index (χ1v) is 8.44. The molecule has 1 amide bonds. The maximum Gasteiger partial charge on any atom is 0.349 e. The number of hydrogen-bond donors (Lipinski definition) is 0. The molecule has 26 heavy (non-hydrogen) atoms. The number of hydrogen-bond acceptors (Lipinski definition) is 4. The number of carbonyl (C=O) groups is 1. The first kappa shape index (κ1) is 16.3. The van der Waals surface area contributed by atoms with Gasteiger partial charge in [0.25, 0.3) is 5.91 Å². The summed E-state index contributed by atoms with van der Waals surface area (Å²) in [6.45, 7) is 2.22. The Hall–Kier alpha value is -3.15. The Balaban J connectivity index is 1.51. The molecule has 0 aliphatic carbocycles. The van der Waals surface area contributed by atoms with Crippen molar-refractivity contribution >= 4 is 22.6 Å². The van der Waals surface area contributed by atoms with Crippen molar-refractivity contribution in [3.63, 3.8) is 0 Å². The topological polar surface area (TPSA) is 53.8 Å². The van der Waals surface area contributed by atoms with Crippen LogP contribution in [-0.2, 0) is 0 Å². The van der Waals surface area contributed by atoms with Gasteiger partial charge in [-0.3, -0.25) is 4.79 Å². The summed E-state index contributed by atoms with van der Waals surface area (Å²) in [5, 5.41) is 0.723. The average molecular weight is 352 g/mol. The second-order valence-electron chi connectivity index (χ2n) is 6.24. The molecule has 3 aromatic rings. The van der Waals surface area contributed by atoms with E-state index in [9.17, 15) is 14.0 Å². The standard InChI is InChI=1S/C20H17FN2O3/c21-15-5-7-16(8-6-15)22-9-11-23(12-10-22)19(24)17-13-14-3-1-2-4-18(14)26-20(17)25/h1-8,13H,9-12H2. The fraction of sp³-hybridized carbons (Fsp3) is 0.200. The van der Waals surface area contributed by atoms with Crippen molar-refractivity contribution in [3.05, 3.63) is 76.4 Å². The molecular weight excluding hydrogens is 335 g/mol. The van der Waals surface area contributed by atoms with Crippen molar-refractivity contribution in [2.45, 2.75) is 0 Å². The largest absolute Gasteiger partial charge is 0.422 e. The van der Waals surface area contributed by atoms with E-state index in [0.717, 1.165) is 11.1 Å². The predicted octanol–water partition coefficient (Wildman–Crippen LogP) is 2.89. The van der Waals surface area contributed by atoms with Crippen molar-refractivity contribution in [2.24, 2.45) is 0 Å². The molecule has 1 saturated heterocycles. The van der Waals surface area contributed by atoms with E-state index in [2.05, 4.69) is 4.90 Å². The number of benzene rings is 2. The van der Waals surface area contributed by atoms with Crippen molar-refractivity contribution in [1.29, 1.82) is 0 Å². The number of carbonyl (C=O) groups excluding carboxylic acids is 1. The highest BCUT2D eigenvalue weighted by atomic mass is 19.1. The highest BCUT2D eigenvalue weighted by Crippen LogP contribution is 2.18. The van der Waals surface area contributed by atoms with Crippen molar-refractivity contribution in [1.82, 2.24) is 4.90 Å². The van der Waals surface area contributed by atoms with Crippen molar-refractivity contribution in [2.75, 3.05) is 31.1 Å². The van der Waals surface area contributed by atoms with Crippen LogP contribution < -0.4 is 10.5 Å². The lowest BCUT2D eigenvalue weighted by Gasteiger charge is -2.36. The minimum absolute atomic E-state index is 0.0546. The van der Waals surface area contributed by atoms with E-state index in [1.54, 1.807) is 35.2 Å². The number of amides is 1. The number of rotatable bonds is 2. The third-order valence-electron chi connectivity index (χ3n) is 4.63. The molecule has 0 radical (unpaired) electrons. The van der Waals surface area contributed by atoms with E-state index < -0.39 is 5.63 Å². The Bertz CT molecular complexity index is 1010. The highest BCUT2D eigenvalue weighted by molar-refractivity contribution is 5.96. The lowest BCUT2D eigenvalue weighted by atomic mass is 10.1. The van der Waals surface area contributed by atoms with Gasteiger partial charge in [-0.05, 0) is 36.4 Å². The fourth-order valence-corrected chi connectivity index (χ4v) is 3.20. The summed E-state index contributed by atoms with van der Waals surface area (Å²) in [6, 6.07) is 15.0. The molecule has 0 saturated carbocycles. The lowest BCUT2D eigenvalue weighted by molar-refractivity contribution is 0.0742. The van der Waals surface area contributed by atoms with Gasteiger partial charge in [-0.15, -0.1) is 0 Å². The van der Waals surface area contributed by atoms with E-state index >= 15 is 0 Å². The molecule has 2 heterocycles. The molecule has 1 aliphatic heterocycles. The van der Waals surface area contributed by atoms with E-state index in [-0.39, 0.29) is 17.3 Å². The molecule has 0 spiro atoms. The molecule has 0 N–H and O–H groups in total. The molecule has 5 nitrogen and oxygen atoms in total. The second kappa shape index (κ2) is 6.63. The van der Waals surface area contributed by atoms with Gasteiger partial charge in [0, 0.05) is 37.3 Å². The monoisotopic (exact) mass is 352 g/mol. The Labute approximate surface area is 149 Å². The summed E-state index contributed by atoms with van der Waals surface area (Å²) >= 11 is 0. The molecule has 0 bridgehead atoms. The number of nitrogens with zero attached hydrogens (tertiary/aromatic N) is 2. The Kier molecular flexibility index (Phi) is 4.16. The maximum absolute atomic E-state index is 13.0. The van der Waals surface area contributed by atoms with Crippen LogP contribution in [0.25, 0.3) is 11.0 Å². The lowest BCUT2D eigenvalue weighted by Crippen LogP contribution is -2.49. The first-order chi connectivity index (χ1) is 12.6. The summed E-state index contributed by atoms with van der Waals surface area (Å²) in [7, 11) is 0. The molecule has 0 atom stereocenters. The van der Waals surface area contributed by atoms with Gasteiger partial charge in [0.15, 0.2) is 0 Å². The molecule has 1 aliphatic rings. The van der Waals surface area contributed by atoms with Gasteiger partial charge < -0.3 is 14.2 Å². The summed E-state index contributed by atoms with van der Waals surface area (Å²) in [4.78, 5) is 28.7. The molecule has 6 heteroatoms. The molecule has 1 fully saturated rings. The van der Waals surface area contributed by atoms with Gasteiger partial charge in [0.05, 0.1) is 0 Å². The van der Waals surface area contributed by atoms with E-state index in [0.29, 0.717) is 31.8 Å². The number of para-hydroxylation sites is 1. The Morgan fingerprint density at radius 1 is 0.962 bits per heavy atom.